The van der Waals surface area contributed by atoms with Crippen LogP contribution >= 0.6 is 11.6 Å². The first-order valence-corrected chi connectivity index (χ1v) is 7.13. The normalized spacial score (nSPS) is 26.5. The second kappa shape index (κ2) is 5.87. The maximum atomic E-state index is 12.0. The topological polar surface area (TPSA) is 34.1 Å². The van der Waals surface area contributed by atoms with Crippen molar-refractivity contribution in [1.29, 1.82) is 0 Å². The van der Waals surface area contributed by atoms with Gasteiger partial charge in [0.1, 0.15) is 0 Å². The first-order valence-electron chi connectivity index (χ1n) is 6.75. The third-order valence-corrected chi connectivity index (χ3v) is 4.15. The Kier molecular flexibility index (Phi) is 4.41. The van der Waals surface area contributed by atoms with E-state index >= 15 is 0 Å². The summed E-state index contributed by atoms with van der Waals surface area (Å²) in [5, 5.41) is 0.104. The van der Waals surface area contributed by atoms with Crippen LogP contribution < -0.4 is 0 Å². The van der Waals surface area contributed by atoms with Crippen molar-refractivity contribution < 1.29 is 9.59 Å². The average molecular weight is 279 g/mol. The number of hydrogen-bond acceptors (Lipinski definition) is 2. The van der Waals surface area contributed by atoms with Gasteiger partial charge in [-0.25, -0.2) is 0 Å². The molecule has 0 saturated carbocycles. The Balaban J connectivity index is 2.05. The van der Waals surface area contributed by atoms with Crippen molar-refractivity contribution in [2.24, 2.45) is 11.8 Å². The molecule has 0 saturated heterocycles. The molecule has 0 radical (unpaired) electrons. The zero-order valence-corrected chi connectivity index (χ0v) is 12.2. The Labute approximate surface area is 119 Å². The lowest BCUT2D eigenvalue weighted by atomic mass is 9.72. The Morgan fingerprint density at radius 2 is 2.11 bits per heavy atom. The van der Waals surface area contributed by atoms with Crippen LogP contribution in [-0.2, 0) is 9.59 Å². The standard InChI is InChI=1S/C16H19ClO2/c1-10(2)4-3-5-11-6-7-12-13(8-11)15(18)9-14(17)16(12)19/h4,6,9,12-13H,3,5,7-8H2,1-2H3. The van der Waals surface area contributed by atoms with Crippen LogP contribution in [0.15, 0.2) is 34.4 Å². The van der Waals surface area contributed by atoms with Crippen molar-refractivity contribution in [3.63, 3.8) is 0 Å². The van der Waals surface area contributed by atoms with Gasteiger partial charge in [-0.15, -0.1) is 0 Å². The summed E-state index contributed by atoms with van der Waals surface area (Å²) in [6.07, 6.45) is 9.00. The van der Waals surface area contributed by atoms with Gasteiger partial charge in [-0.05, 0) is 39.5 Å². The molecule has 102 valence electrons. The predicted octanol–water partition coefficient (Wildman–Crippen LogP) is 3.96. The van der Waals surface area contributed by atoms with Crippen molar-refractivity contribution in [3.8, 4) is 0 Å². The summed E-state index contributed by atoms with van der Waals surface area (Å²) in [5.41, 5.74) is 2.61. The van der Waals surface area contributed by atoms with Crippen LogP contribution in [0.5, 0.6) is 0 Å². The lowest BCUT2D eigenvalue weighted by molar-refractivity contribution is -0.129. The van der Waals surface area contributed by atoms with E-state index in [2.05, 4.69) is 26.0 Å². The summed E-state index contributed by atoms with van der Waals surface area (Å²) in [7, 11) is 0. The fraction of sp³-hybridized carbons (Fsp3) is 0.500. The van der Waals surface area contributed by atoms with Gasteiger partial charge in [0.15, 0.2) is 11.6 Å². The fourth-order valence-corrected chi connectivity index (χ4v) is 3.03. The molecule has 0 amide bonds. The van der Waals surface area contributed by atoms with E-state index in [1.54, 1.807) is 0 Å². The van der Waals surface area contributed by atoms with E-state index in [4.69, 9.17) is 11.6 Å². The molecule has 0 fully saturated rings. The number of carbonyl (C=O) groups excluding carboxylic acids is 2. The van der Waals surface area contributed by atoms with Gasteiger partial charge in [0.05, 0.1) is 5.03 Å². The van der Waals surface area contributed by atoms with Crippen LogP contribution in [0.4, 0.5) is 0 Å². The third-order valence-electron chi connectivity index (χ3n) is 3.85. The molecule has 0 bridgehead atoms. The van der Waals surface area contributed by atoms with Gasteiger partial charge in [0.2, 0.25) is 0 Å². The van der Waals surface area contributed by atoms with E-state index in [1.165, 1.54) is 17.2 Å². The zero-order chi connectivity index (χ0) is 14.0. The van der Waals surface area contributed by atoms with Crippen LogP contribution in [0, 0.1) is 11.8 Å². The number of rotatable bonds is 3. The molecule has 0 aromatic heterocycles. The molecule has 2 unspecified atom stereocenters. The van der Waals surface area contributed by atoms with E-state index in [9.17, 15) is 9.59 Å². The van der Waals surface area contributed by atoms with E-state index in [-0.39, 0.29) is 28.4 Å². The maximum Gasteiger partial charge on any atom is 0.178 e. The second-order valence-electron chi connectivity index (χ2n) is 5.59. The van der Waals surface area contributed by atoms with E-state index in [0.717, 1.165) is 12.8 Å². The van der Waals surface area contributed by atoms with E-state index in [1.807, 2.05) is 0 Å². The summed E-state index contributed by atoms with van der Waals surface area (Å²) in [5.74, 6) is -0.452. The quantitative estimate of drug-likeness (QED) is 0.732. The number of allylic oxidation sites excluding steroid dienone is 6. The summed E-state index contributed by atoms with van der Waals surface area (Å²) in [6.45, 7) is 4.17. The van der Waals surface area contributed by atoms with Crippen LogP contribution in [0.25, 0.3) is 0 Å². The third kappa shape index (κ3) is 3.24. The van der Waals surface area contributed by atoms with Gasteiger partial charge in [-0.3, -0.25) is 9.59 Å². The first-order chi connectivity index (χ1) is 8.99. The summed E-state index contributed by atoms with van der Waals surface area (Å²) in [4.78, 5) is 23.9. The van der Waals surface area contributed by atoms with E-state index in [0.29, 0.717) is 12.8 Å². The molecule has 3 heteroatoms. The molecule has 0 aromatic carbocycles. The largest absolute Gasteiger partial charge is 0.294 e. The molecule has 2 aliphatic carbocycles. The SMILES string of the molecule is CC(C)=CCCC1=CCC2C(=O)C(Cl)=CC(=O)C2C1. The van der Waals surface area contributed by atoms with Crippen LogP contribution in [-0.4, -0.2) is 11.6 Å². The monoisotopic (exact) mass is 278 g/mol. The molecule has 19 heavy (non-hydrogen) atoms. The van der Waals surface area contributed by atoms with E-state index < -0.39 is 0 Å². The Bertz CT molecular complexity index is 493. The van der Waals surface area contributed by atoms with Crippen molar-refractivity contribution in [3.05, 3.63) is 34.4 Å². The molecule has 2 rings (SSSR count). The molecule has 0 aromatic rings. The van der Waals surface area contributed by atoms with Crippen LogP contribution in [0.3, 0.4) is 0 Å². The van der Waals surface area contributed by atoms with Gasteiger partial charge in [0.25, 0.3) is 0 Å². The van der Waals surface area contributed by atoms with Crippen molar-refractivity contribution in [1.82, 2.24) is 0 Å². The minimum atomic E-state index is -0.225. The second-order valence-corrected chi connectivity index (χ2v) is 6.00. The molecule has 0 heterocycles. The highest BCUT2D eigenvalue weighted by atomic mass is 35.5. The van der Waals surface area contributed by atoms with Crippen molar-refractivity contribution in [2.75, 3.05) is 0 Å². The summed E-state index contributed by atoms with van der Waals surface area (Å²) < 4.78 is 0. The minimum absolute atomic E-state index is 0.0161. The van der Waals surface area contributed by atoms with Gasteiger partial charge in [0, 0.05) is 17.9 Å². The van der Waals surface area contributed by atoms with Crippen LogP contribution in [0.1, 0.15) is 39.5 Å². The minimum Gasteiger partial charge on any atom is -0.294 e. The fourth-order valence-electron chi connectivity index (χ4n) is 2.79. The number of ketones is 2. The number of halogens is 1. The van der Waals surface area contributed by atoms with Gasteiger partial charge in [-0.2, -0.15) is 0 Å². The van der Waals surface area contributed by atoms with Crippen molar-refractivity contribution >= 4 is 23.2 Å². The predicted molar refractivity (Wildman–Crippen MR) is 76.9 cm³/mol. The summed E-state index contributed by atoms with van der Waals surface area (Å²) >= 11 is 5.80. The Hall–Kier alpha value is -1.15. The molecule has 2 nitrogen and oxygen atoms in total. The smallest absolute Gasteiger partial charge is 0.178 e. The Morgan fingerprint density at radius 3 is 2.79 bits per heavy atom. The highest BCUT2D eigenvalue weighted by Gasteiger charge is 2.39. The maximum absolute atomic E-state index is 12.0. The molecular formula is C16H19ClO2. The number of hydrogen-bond donors (Lipinski definition) is 0. The van der Waals surface area contributed by atoms with Gasteiger partial charge < -0.3 is 0 Å². The lowest BCUT2D eigenvalue weighted by Crippen LogP contribution is -2.35. The zero-order valence-electron chi connectivity index (χ0n) is 11.4. The molecule has 2 atom stereocenters. The first kappa shape index (κ1) is 14.3. The highest BCUT2D eigenvalue weighted by molar-refractivity contribution is 6.45. The highest BCUT2D eigenvalue weighted by Crippen LogP contribution is 2.38. The number of carbonyl (C=O) groups is 2. The molecule has 0 spiro atoms. The molecule has 0 aliphatic heterocycles. The molecule has 0 N–H and O–H groups in total. The molecule has 2 aliphatic rings. The van der Waals surface area contributed by atoms with Crippen molar-refractivity contribution in [2.45, 2.75) is 39.5 Å². The lowest BCUT2D eigenvalue weighted by Gasteiger charge is -2.31. The van der Waals surface area contributed by atoms with Crippen LogP contribution in [0.2, 0.25) is 0 Å². The van der Waals surface area contributed by atoms with Gasteiger partial charge in [-0.1, -0.05) is 34.9 Å². The number of fused-ring (bicyclic) bond motifs is 1. The van der Waals surface area contributed by atoms with Gasteiger partial charge >= 0.3 is 0 Å². The molecular weight excluding hydrogens is 260 g/mol. The number of Topliss-reactive ketones (excluding diaryl/α,β-unsaturated/α-hetero) is 1. The summed E-state index contributed by atoms with van der Waals surface area (Å²) in [6, 6.07) is 0. The Morgan fingerprint density at radius 1 is 1.37 bits per heavy atom. The average Bonchev–Trinajstić information content (AvgIpc) is 2.36.